The lowest BCUT2D eigenvalue weighted by Gasteiger charge is -2.30. The van der Waals surface area contributed by atoms with Crippen molar-refractivity contribution in [3.05, 3.63) is 65.2 Å². The number of amides is 2. The Morgan fingerprint density at radius 2 is 1.61 bits per heavy atom. The van der Waals surface area contributed by atoms with Gasteiger partial charge in [-0.2, -0.15) is 0 Å². The summed E-state index contributed by atoms with van der Waals surface area (Å²) in [4.78, 5) is 27.3. The number of sulfonamides is 1. The smallest absolute Gasteiger partial charge is 0.242 e. The van der Waals surface area contributed by atoms with Crippen LogP contribution in [0.5, 0.6) is 0 Å². The Balaban J connectivity index is 2.18. The van der Waals surface area contributed by atoms with Crippen LogP contribution in [-0.2, 0) is 26.2 Å². The lowest BCUT2D eigenvalue weighted by Crippen LogP contribution is -2.47. The minimum absolute atomic E-state index is 0.132. The Labute approximate surface area is 197 Å². The maximum Gasteiger partial charge on any atom is 0.242 e. The molecular formula is C25H35N3O4S. The Morgan fingerprint density at radius 1 is 1.00 bits per heavy atom. The van der Waals surface area contributed by atoms with E-state index in [2.05, 4.69) is 5.32 Å². The quantitative estimate of drug-likeness (QED) is 0.542. The molecule has 7 nitrogen and oxygen atoms in total. The predicted molar refractivity (Wildman–Crippen MR) is 132 cm³/mol. The van der Waals surface area contributed by atoms with Crippen molar-refractivity contribution in [2.24, 2.45) is 0 Å². The van der Waals surface area contributed by atoms with Crippen molar-refractivity contribution in [3.8, 4) is 0 Å². The molecule has 8 heteroatoms. The van der Waals surface area contributed by atoms with Crippen molar-refractivity contribution in [1.82, 2.24) is 10.2 Å². The molecule has 1 atom stereocenters. The topological polar surface area (TPSA) is 86.8 Å². The highest BCUT2D eigenvalue weighted by atomic mass is 32.2. The van der Waals surface area contributed by atoms with Crippen LogP contribution in [0.25, 0.3) is 0 Å². The zero-order valence-electron chi connectivity index (χ0n) is 20.2. The molecule has 0 heterocycles. The Bertz CT molecular complexity index is 1070. The monoisotopic (exact) mass is 473 g/mol. The molecule has 2 aromatic carbocycles. The number of nitrogens with zero attached hydrogens (tertiary/aromatic N) is 2. The Morgan fingerprint density at radius 3 is 2.18 bits per heavy atom. The van der Waals surface area contributed by atoms with Crippen LogP contribution in [0, 0.1) is 13.8 Å². The van der Waals surface area contributed by atoms with E-state index in [1.54, 1.807) is 24.0 Å². The van der Waals surface area contributed by atoms with Crippen LogP contribution in [0.1, 0.15) is 43.4 Å². The molecule has 0 aliphatic heterocycles. The van der Waals surface area contributed by atoms with Gasteiger partial charge in [0, 0.05) is 26.1 Å². The first-order chi connectivity index (χ1) is 15.6. The van der Waals surface area contributed by atoms with E-state index in [1.807, 2.05) is 57.2 Å². The summed E-state index contributed by atoms with van der Waals surface area (Å²) in [5.41, 5.74) is 3.47. The second-order valence-corrected chi connectivity index (χ2v) is 10.2. The number of likely N-dealkylation sites (N-methyl/N-ethyl adjacent to an activating group) is 1. The number of anilines is 1. The van der Waals surface area contributed by atoms with E-state index in [1.165, 1.54) is 10.6 Å². The maximum absolute atomic E-state index is 13.2. The first-order valence-electron chi connectivity index (χ1n) is 11.2. The highest BCUT2D eigenvalue weighted by Crippen LogP contribution is 2.23. The maximum atomic E-state index is 13.2. The van der Waals surface area contributed by atoms with Gasteiger partial charge in [0.15, 0.2) is 0 Å². The van der Waals surface area contributed by atoms with Gasteiger partial charge < -0.3 is 10.2 Å². The fourth-order valence-electron chi connectivity index (χ4n) is 3.70. The average molecular weight is 474 g/mol. The molecule has 0 unspecified atom stereocenters. The van der Waals surface area contributed by atoms with E-state index in [0.717, 1.165) is 16.7 Å². The Hall–Kier alpha value is -2.87. The normalized spacial score (nSPS) is 12.2. The second kappa shape index (κ2) is 11.8. The molecule has 0 spiro atoms. The number of hydrogen-bond acceptors (Lipinski definition) is 4. The first-order valence-corrected chi connectivity index (χ1v) is 13.1. The number of rotatable bonds is 11. The van der Waals surface area contributed by atoms with E-state index in [-0.39, 0.29) is 24.8 Å². The summed E-state index contributed by atoms with van der Waals surface area (Å²) < 4.78 is 26.2. The van der Waals surface area contributed by atoms with E-state index in [9.17, 15) is 18.0 Å². The van der Waals surface area contributed by atoms with Gasteiger partial charge >= 0.3 is 0 Å². The number of nitrogens with one attached hydrogen (secondary N) is 1. The molecule has 0 saturated carbocycles. The van der Waals surface area contributed by atoms with Crippen molar-refractivity contribution < 1.29 is 18.0 Å². The molecule has 33 heavy (non-hydrogen) atoms. The minimum atomic E-state index is -3.51. The van der Waals surface area contributed by atoms with Gasteiger partial charge in [0.2, 0.25) is 21.8 Å². The number of benzene rings is 2. The van der Waals surface area contributed by atoms with Crippen LogP contribution in [0.4, 0.5) is 5.69 Å². The minimum Gasteiger partial charge on any atom is -0.355 e. The zero-order chi connectivity index (χ0) is 24.6. The molecule has 0 radical (unpaired) electrons. The second-order valence-electron chi connectivity index (χ2n) is 8.24. The molecule has 2 amide bonds. The number of carbonyl (C=O) groups excluding carboxylic acids is 2. The zero-order valence-corrected chi connectivity index (χ0v) is 21.0. The fourth-order valence-corrected chi connectivity index (χ4v) is 4.72. The van der Waals surface area contributed by atoms with Crippen molar-refractivity contribution >= 4 is 27.5 Å². The third-order valence-electron chi connectivity index (χ3n) is 5.66. The molecular weight excluding hydrogens is 438 g/mol. The van der Waals surface area contributed by atoms with Gasteiger partial charge in [0.25, 0.3) is 0 Å². The number of aryl methyl sites for hydroxylation is 2. The van der Waals surface area contributed by atoms with Gasteiger partial charge in [-0.05, 0) is 56.9 Å². The van der Waals surface area contributed by atoms with E-state index >= 15 is 0 Å². The highest BCUT2D eigenvalue weighted by molar-refractivity contribution is 7.92. The van der Waals surface area contributed by atoms with E-state index in [0.29, 0.717) is 25.2 Å². The molecule has 2 aromatic rings. The SMILES string of the molecule is CCNC(=O)[C@H](C)N(Cc1ccccc1C)C(=O)CCCN(c1ccccc1C)S(C)(=O)=O. The molecule has 0 bridgehead atoms. The lowest BCUT2D eigenvalue weighted by atomic mass is 10.1. The molecule has 0 aliphatic rings. The van der Waals surface area contributed by atoms with E-state index < -0.39 is 16.1 Å². The van der Waals surface area contributed by atoms with Gasteiger partial charge in [0.1, 0.15) is 6.04 Å². The van der Waals surface area contributed by atoms with Gasteiger partial charge in [-0.1, -0.05) is 42.5 Å². The molecule has 0 aliphatic carbocycles. The van der Waals surface area contributed by atoms with Crippen molar-refractivity contribution in [1.29, 1.82) is 0 Å². The average Bonchev–Trinajstić information content (AvgIpc) is 2.75. The van der Waals surface area contributed by atoms with Gasteiger partial charge in [-0.15, -0.1) is 0 Å². The summed E-state index contributed by atoms with van der Waals surface area (Å²) in [6.45, 7) is 8.37. The number of hydrogen-bond donors (Lipinski definition) is 1. The fraction of sp³-hybridized carbons (Fsp3) is 0.440. The molecule has 2 rings (SSSR count). The van der Waals surface area contributed by atoms with Crippen molar-refractivity contribution in [3.63, 3.8) is 0 Å². The van der Waals surface area contributed by atoms with Gasteiger partial charge in [0.05, 0.1) is 11.9 Å². The summed E-state index contributed by atoms with van der Waals surface area (Å²) in [5, 5.41) is 2.78. The standard InChI is InChI=1S/C25H35N3O4S/c1-6-26-25(30)21(4)27(18-22-14-9-7-12-19(22)2)24(29)16-11-17-28(33(5,31)32)23-15-10-8-13-20(23)3/h7-10,12-15,21H,6,11,16-18H2,1-5H3,(H,26,30)/t21-/m0/s1. The summed E-state index contributed by atoms with van der Waals surface area (Å²) in [6.07, 6.45) is 1.64. The van der Waals surface area contributed by atoms with E-state index in [4.69, 9.17) is 0 Å². The summed E-state index contributed by atoms with van der Waals surface area (Å²) in [5.74, 6) is -0.396. The van der Waals surface area contributed by atoms with Crippen molar-refractivity contribution in [2.75, 3.05) is 23.7 Å². The van der Waals surface area contributed by atoms with Gasteiger partial charge in [-0.25, -0.2) is 8.42 Å². The molecule has 180 valence electrons. The third-order valence-corrected chi connectivity index (χ3v) is 6.84. The van der Waals surface area contributed by atoms with Gasteiger partial charge in [-0.3, -0.25) is 13.9 Å². The van der Waals surface area contributed by atoms with Crippen LogP contribution in [0.2, 0.25) is 0 Å². The Kier molecular flexibility index (Phi) is 9.46. The summed E-state index contributed by atoms with van der Waals surface area (Å²) in [6, 6.07) is 14.4. The van der Waals surface area contributed by atoms with Crippen LogP contribution in [-0.4, -0.2) is 50.5 Å². The lowest BCUT2D eigenvalue weighted by molar-refractivity contribution is -0.140. The van der Waals surface area contributed by atoms with Crippen LogP contribution >= 0.6 is 0 Å². The predicted octanol–water partition coefficient (Wildman–Crippen LogP) is 3.40. The largest absolute Gasteiger partial charge is 0.355 e. The summed E-state index contributed by atoms with van der Waals surface area (Å²) in [7, 11) is -3.51. The molecule has 0 fully saturated rings. The number of carbonyl (C=O) groups is 2. The first kappa shape index (κ1) is 26.4. The molecule has 0 saturated heterocycles. The van der Waals surface area contributed by atoms with Crippen LogP contribution in [0.3, 0.4) is 0 Å². The van der Waals surface area contributed by atoms with Crippen molar-refractivity contribution in [2.45, 2.75) is 53.1 Å². The third kappa shape index (κ3) is 7.32. The van der Waals surface area contributed by atoms with Crippen LogP contribution < -0.4 is 9.62 Å². The number of para-hydroxylation sites is 1. The highest BCUT2D eigenvalue weighted by Gasteiger charge is 2.26. The molecule has 1 N–H and O–H groups in total. The van der Waals surface area contributed by atoms with Crippen LogP contribution in [0.15, 0.2) is 48.5 Å². The summed E-state index contributed by atoms with van der Waals surface area (Å²) >= 11 is 0. The molecule has 0 aromatic heterocycles.